The number of carbonyl (C=O) groups is 1. The standard InChI is InChI=1S/C27H31NO4/c1-18(2)32-22-7-5-6-21(13-22)23-10-11-26(25-9-4-3-8-24(23)25)27(31)28-14-19(16-29)12-20(15-28)17-30/h3-11,13,18-20,29-30H,12,14-17H2,1-2H3/t19-,20+. The fourth-order valence-corrected chi connectivity index (χ4v) is 4.67. The number of nitrogens with zero attached hydrogens (tertiary/aromatic N) is 1. The van der Waals surface area contributed by atoms with Crippen molar-refractivity contribution in [2.24, 2.45) is 11.8 Å². The highest BCUT2D eigenvalue weighted by molar-refractivity contribution is 6.11. The lowest BCUT2D eigenvalue weighted by Gasteiger charge is -2.36. The molecule has 3 aromatic carbocycles. The summed E-state index contributed by atoms with van der Waals surface area (Å²) >= 11 is 0. The molecule has 1 aliphatic heterocycles. The first-order valence-corrected chi connectivity index (χ1v) is 11.3. The normalized spacial score (nSPS) is 18.8. The van der Waals surface area contributed by atoms with Crippen molar-refractivity contribution in [3.05, 3.63) is 66.2 Å². The van der Waals surface area contributed by atoms with Crippen molar-refractivity contribution in [2.75, 3.05) is 26.3 Å². The van der Waals surface area contributed by atoms with E-state index in [1.54, 1.807) is 4.90 Å². The summed E-state index contributed by atoms with van der Waals surface area (Å²) in [6.07, 6.45) is 0.836. The molecule has 5 nitrogen and oxygen atoms in total. The van der Waals surface area contributed by atoms with Gasteiger partial charge in [-0.3, -0.25) is 4.79 Å². The van der Waals surface area contributed by atoms with Gasteiger partial charge in [-0.2, -0.15) is 0 Å². The van der Waals surface area contributed by atoms with E-state index in [1.165, 1.54) is 0 Å². The summed E-state index contributed by atoms with van der Waals surface area (Å²) < 4.78 is 5.87. The van der Waals surface area contributed by atoms with Crippen molar-refractivity contribution in [1.29, 1.82) is 0 Å². The SMILES string of the molecule is CC(C)Oc1cccc(-c2ccc(C(=O)N3C[C@H](CO)C[C@H](CO)C3)c3ccccc23)c1. The first-order chi connectivity index (χ1) is 15.5. The van der Waals surface area contributed by atoms with Gasteiger partial charge in [-0.1, -0.05) is 42.5 Å². The molecule has 32 heavy (non-hydrogen) atoms. The number of fused-ring (bicyclic) bond motifs is 1. The molecule has 1 fully saturated rings. The number of aliphatic hydroxyl groups excluding tert-OH is 2. The minimum absolute atomic E-state index is 0.000848. The van der Waals surface area contributed by atoms with Crippen LogP contribution in [-0.4, -0.2) is 53.4 Å². The van der Waals surface area contributed by atoms with E-state index in [1.807, 2.05) is 68.4 Å². The molecule has 0 unspecified atom stereocenters. The van der Waals surface area contributed by atoms with Gasteiger partial charge in [0.1, 0.15) is 5.75 Å². The van der Waals surface area contributed by atoms with Crippen LogP contribution in [0.3, 0.4) is 0 Å². The first kappa shape index (κ1) is 22.3. The van der Waals surface area contributed by atoms with E-state index in [9.17, 15) is 15.0 Å². The molecule has 1 heterocycles. The van der Waals surface area contributed by atoms with E-state index in [0.29, 0.717) is 18.7 Å². The van der Waals surface area contributed by atoms with Crippen LogP contribution in [0.1, 0.15) is 30.6 Å². The third-order valence-corrected chi connectivity index (χ3v) is 6.10. The van der Waals surface area contributed by atoms with Crippen molar-refractivity contribution in [3.8, 4) is 16.9 Å². The highest BCUT2D eigenvalue weighted by atomic mass is 16.5. The zero-order valence-electron chi connectivity index (χ0n) is 18.7. The molecule has 168 valence electrons. The maximum absolute atomic E-state index is 13.5. The van der Waals surface area contributed by atoms with Crippen LogP contribution in [-0.2, 0) is 0 Å². The van der Waals surface area contributed by atoms with Crippen LogP contribution in [0, 0.1) is 11.8 Å². The Morgan fingerprint density at radius 1 is 0.969 bits per heavy atom. The predicted octanol–water partition coefficient (Wildman–Crippen LogP) is 4.36. The van der Waals surface area contributed by atoms with E-state index in [-0.39, 0.29) is 37.1 Å². The molecule has 0 aliphatic carbocycles. The van der Waals surface area contributed by atoms with Crippen LogP contribution < -0.4 is 4.74 Å². The third kappa shape index (κ3) is 4.64. The minimum atomic E-state index is -0.0544. The van der Waals surface area contributed by atoms with Crippen molar-refractivity contribution in [1.82, 2.24) is 4.90 Å². The van der Waals surface area contributed by atoms with Crippen LogP contribution in [0.25, 0.3) is 21.9 Å². The summed E-state index contributed by atoms with van der Waals surface area (Å²) in [6, 6.07) is 19.9. The number of ether oxygens (including phenoxy) is 1. The van der Waals surface area contributed by atoms with Gasteiger partial charge >= 0.3 is 0 Å². The first-order valence-electron chi connectivity index (χ1n) is 11.3. The van der Waals surface area contributed by atoms with Gasteiger partial charge in [-0.25, -0.2) is 0 Å². The Kier molecular flexibility index (Phi) is 6.77. The molecule has 0 bridgehead atoms. The van der Waals surface area contributed by atoms with Gasteiger partial charge in [-0.05, 0) is 60.4 Å². The second-order valence-electron chi connectivity index (χ2n) is 8.94. The minimum Gasteiger partial charge on any atom is -0.491 e. The van der Waals surface area contributed by atoms with Gasteiger partial charge in [0, 0.05) is 43.7 Å². The van der Waals surface area contributed by atoms with Crippen molar-refractivity contribution in [3.63, 3.8) is 0 Å². The van der Waals surface area contributed by atoms with Crippen LogP contribution >= 0.6 is 0 Å². The summed E-state index contributed by atoms with van der Waals surface area (Å²) in [5.74, 6) is 0.763. The van der Waals surface area contributed by atoms with Gasteiger partial charge in [0.25, 0.3) is 5.91 Å². The Labute approximate surface area is 189 Å². The number of hydrogen-bond acceptors (Lipinski definition) is 4. The molecular weight excluding hydrogens is 402 g/mol. The Balaban J connectivity index is 1.72. The molecule has 0 saturated carbocycles. The molecule has 2 N–H and O–H groups in total. The van der Waals surface area contributed by atoms with Gasteiger partial charge in [0.2, 0.25) is 0 Å². The molecule has 2 atom stereocenters. The topological polar surface area (TPSA) is 70.0 Å². The van der Waals surface area contributed by atoms with E-state index in [4.69, 9.17) is 4.74 Å². The molecular formula is C27H31NO4. The van der Waals surface area contributed by atoms with Crippen molar-refractivity contribution >= 4 is 16.7 Å². The maximum Gasteiger partial charge on any atom is 0.254 e. The Hall–Kier alpha value is -2.89. The van der Waals surface area contributed by atoms with Gasteiger partial charge in [0.15, 0.2) is 0 Å². The van der Waals surface area contributed by atoms with Gasteiger partial charge < -0.3 is 19.8 Å². The fraction of sp³-hybridized carbons (Fsp3) is 0.370. The predicted molar refractivity (Wildman–Crippen MR) is 127 cm³/mol. The number of amides is 1. The van der Waals surface area contributed by atoms with Crippen molar-refractivity contribution in [2.45, 2.75) is 26.4 Å². The van der Waals surface area contributed by atoms with Crippen LogP contribution in [0.4, 0.5) is 0 Å². The highest BCUT2D eigenvalue weighted by Crippen LogP contribution is 2.34. The Morgan fingerprint density at radius 2 is 1.66 bits per heavy atom. The van der Waals surface area contributed by atoms with Crippen LogP contribution in [0.15, 0.2) is 60.7 Å². The quantitative estimate of drug-likeness (QED) is 0.606. The average Bonchev–Trinajstić information content (AvgIpc) is 2.82. The summed E-state index contributed by atoms with van der Waals surface area (Å²) in [4.78, 5) is 15.3. The van der Waals surface area contributed by atoms with Crippen LogP contribution in [0.2, 0.25) is 0 Å². The van der Waals surface area contributed by atoms with E-state index >= 15 is 0 Å². The zero-order valence-corrected chi connectivity index (χ0v) is 18.7. The molecule has 0 spiro atoms. The number of aliphatic hydroxyl groups is 2. The largest absolute Gasteiger partial charge is 0.491 e. The number of rotatable bonds is 6. The highest BCUT2D eigenvalue weighted by Gasteiger charge is 2.30. The smallest absolute Gasteiger partial charge is 0.254 e. The van der Waals surface area contributed by atoms with Crippen LogP contribution in [0.5, 0.6) is 5.75 Å². The summed E-state index contributed by atoms with van der Waals surface area (Å²) in [6.45, 7) is 5.08. The van der Waals surface area contributed by atoms with Gasteiger partial charge in [0.05, 0.1) is 6.10 Å². The molecule has 3 aromatic rings. The number of hydrogen-bond donors (Lipinski definition) is 2. The molecule has 1 amide bonds. The van der Waals surface area contributed by atoms with Gasteiger partial charge in [-0.15, -0.1) is 0 Å². The summed E-state index contributed by atoms with van der Waals surface area (Å²) in [5.41, 5.74) is 2.73. The second-order valence-corrected chi connectivity index (χ2v) is 8.94. The van der Waals surface area contributed by atoms with E-state index in [2.05, 4.69) is 6.07 Å². The zero-order chi connectivity index (χ0) is 22.7. The lowest BCUT2D eigenvalue weighted by molar-refractivity contribution is 0.0417. The third-order valence-electron chi connectivity index (χ3n) is 6.10. The number of piperidine rings is 1. The monoisotopic (exact) mass is 433 g/mol. The lowest BCUT2D eigenvalue weighted by atomic mass is 9.89. The summed E-state index contributed by atoms with van der Waals surface area (Å²) in [5, 5.41) is 21.2. The maximum atomic E-state index is 13.5. The summed E-state index contributed by atoms with van der Waals surface area (Å²) in [7, 11) is 0. The lowest BCUT2D eigenvalue weighted by Crippen LogP contribution is -2.46. The molecule has 4 rings (SSSR count). The molecule has 0 aromatic heterocycles. The molecule has 1 aliphatic rings. The molecule has 1 saturated heterocycles. The van der Waals surface area contributed by atoms with E-state index in [0.717, 1.165) is 34.1 Å². The number of likely N-dealkylation sites (tertiary alicyclic amines) is 1. The van der Waals surface area contributed by atoms with E-state index < -0.39 is 0 Å². The fourth-order valence-electron chi connectivity index (χ4n) is 4.67. The number of carbonyl (C=O) groups excluding carboxylic acids is 1. The average molecular weight is 434 g/mol. The Morgan fingerprint density at radius 3 is 2.31 bits per heavy atom. The second kappa shape index (κ2) is 9.72. The number of benzene rings is 3. The van der Waals surface area contributed by atoms with Crippen molar-refractivity contribution < 1.29 is 19.7 Å². The molecule has 5 heteroatoms. The molecule has 0 radical (unpaired) electrons. The Bertz CT molecular complexity index is 1080.